The van der Waals surface area contributed by atoms with Crippen molar-refractivity contribution in [2.75, 3.05) is 30.1 Å². The molecule has 1 rings (SSSR count). The fourth-order valence-electron chi connectivity index (χ4n) is 1.46. The second-order valence-electron chi connectivity index (χ2n) is 3.37. The van der Waals surface area contributed by atoms with E-state index in [1.165, 1.54) is 0 Å². The lowest BCUT2D eigenvalue weighted by atomic mass is 10.1. The molecule has 1 heterocycles. The zero-order valence-electron chi connectivity index (χ0n) is 7.95. The summed E-state index contributed by atoms with van der Waals surface area (Å²) in [6.07, 6.45) is 3.65. The molecule has 1 fully saturated rings. The van der Waals surface area contributed by atoms with E-state index in [0.717, 1.165) is 25.1 Å². The average Bonchev–Trinajstić information content (AvgIpc) is 2.08. The molecule has 0 aromatic heterocycles. The van der Waals surface area contributed by atoms with Gasteiger partial charge in [0.2, 0.25) is 0 Å². The van der Waals surface area contributed by atoms with Gasteiger partial charge in [-0.15, -0.1) is 0 Å². The lowest BCUT2D eigenvalue weighted by Gasteiger charge is -2.22. The zero-order valence-corrected chi connectivity index (χ0v) is 9.59. The van der Waals surface area contributed by atoms with Crippen LogP contribution < -0.4 is 5.32 Å². The van der Waals surface area contributed by atoms with Crippen molar-refractivity contribution in [2.24, 2.45) is 0 Å². The molecule has 0 radical (unpaired) electrons. The summed E-state index contributed by atoms with van der Waals surface area (Å²) in [4.78, 5) is 0. The van der Waals surface area contributed by atoms with Gasteiger partial charge in [-0.3, -0.25) is 0 Å². The Morgan fingerprint density at radius 3 is 2.54 bits per heavy atom. The van der Waals surface area contributed by atoms with Gasteiger partial charge >= 0.3 is 0 Å². The van der Waals surface area contributed by atoms with E-state index in [1.807, 2.05) is 11.8 Å². The first kappa shape index (κ1) is 11.3. The molecule has 0 spiro atoms. The highest BCUT2D eigenvalue weighted by Gasteiger charge is 2.22. The van der Waals surface area contributed by atoms with E-state index in [2.05, 4.69) is 11.6 Å². The van der Waals surface area contributed by atoms with Crippen LogP contribution in [0.25, 0.3) is 0 Å². The predicted molar refractivity (Wildman–Crippen MR) is 58.1 cm³/mol. The highest BCUT2D eigenvalue weighted by molar-refractivity contribution is 7.98. The molecule has 1 aliphatic rings. The molecule has 0 amide bonds. The number of hydrogen-bond donors (Lipinski definition) is 1. The topological polar surface area (TPSA) is 46.2 Å². The van der Waals surface area contributed by atoms with E-state index in [-0.39, 0.29) is 0 Å². The molecule has 0 aliphatic carbocycles. The Bertz CT molecular complexity index is 225. The maximum absolute atomic E-state index is 11.1. The van der Waals surface area contributed by atoms with Gasteiger partial charge in [-0.1, -0.05) is 0 Å². The number of nitrogens with one attached hydrogen (secondary N) is 1. The van der Waals surface area contributed by atoms with Crippen LogP contribution in [0.15, 0.2) is 0 Å². The maximum atomic E-state index is 11.1. The van der Waals surface area contributed by atoms with Gasteiger partial charge < -0.3 is 5.32 Å². The quantitative estimate of drug-likeness (QED) is 0.706. The number of thioether (sulfide) groups is 1. The second-order valence-corrected chi connectivity index (χ2v) is 6.66. The van der Waals surface area contributed by atoms with E-state index in [1.54, 1.807) is 0 Å². The maximum Gasteiger partial charge on any atom is 0.150 e. The summed E-state index contributed by atoms with van der Waals surface area (Å²) in [5.41, 5.74) is 0. The Hall–Kier alpha value is 0.260. The fourth-order valence-corrected chi connectivity index (χ4v) is 3.27. The SMILES string of the molecule is CSCCNC1CCS(=O)(=O)CC1. The van der Waals surface area contributed by atoms with Gasteiger partial charge in [0.25, 0.3) is 0 Å². The third-order valence-electron chi connectivity index (χ3n) is 2.29. The van der Waals surface area contributed by atoms with Crippen LogP contribution in [0.1, 0.15) is 12.8 Å². The first-order chi connectivity index (χ1) is 6.14. The first-order valence-corrected chi connectivity index (χ1v) is 7.78. The van der Waals surface area contributed by atoms with Crippen molar-refractivity contribution in [3.63, 3.8) is 0 Å². The van der Waals surface area contributed by atoms with E-state index in [9.17, 15) is 8.42 Å². The van der Waals surface area contributed by atoms with Gasteiger partial charge in [-0.2, -0.15) is 11.8 Å². The molecule has 0 atom stereocenters. The second kappa shape index (κ2) is 5.22. The van der Waals surface area contributed by atoms with Crippen LogP contribution in [-0.2, 0) is 9.84 Å². The molecule has 1 saturated heterocycles. The van der Waals surface area contributed by atoms with Crippen LogP contribution in [0.4, 0.5) is 0 Å². The summed E-state index contributed by atoms with van der Waals surface area (Å²) < 4.78 is 22.2. The molecular formula is C8H17NO2S2. The molecule has 78 valence electrons. The van der Waals surface area contributed by atoms with Gasteiger partial charge in [0.05, 0.1) is 11.5 Å². The monoisotopic (exact) mass is 223 g/mol. The molecule has 0 aromatic rings. The molecule has 5 heteroatoms. The lowest BCUT2D eigenvalue weighted by Crippen LogP contribution is -2.38. The van der Waals surface area contributed by atoms with Crippen LogP contribution in [0.5, 0.6) is 0 Å². The van der Waals surface area contributed by atoms with Gasteiger partial charge in [-0.05, 0) is 19.1 Å². The van der Waals surface area contributed by atoms with Gasteiger partial charge in [0, 0.05) is 18.3 Å². The number of rotatable bonds is 4. The fraction of sp³-hybridized carbons (Fsp3) is 1.00. The zero-order chi connectivity index (χ0) is 9.73. The molecule has 1 N–H and O–H groups in total. The van der Waals surface area contributed by atoms with Crippen molar-refractivity contribution in [3.8, 4) is 0 Å². The summed E-state index contributed by atoms with van der Waals surface area (Å²) in [5.74, 6) is 1.83. The van der Waals surface area contributed by atoms with Crippen molar-refractivity contribution in [1.29, 1.82) is 0 Å². The normalized spacial score (nSPS) is 23.2. The van der Waals surface area contributed by atoms with Crippen molar-refractivity contribution >= 4 is 21.6 Å². The molecule has 1 aliphatic heterocycles. The Morgan fingerprint density at radius 1 is 1.38 bits per heavy atom. The summed E-state index contributed by atoms with van der Waals surface area (Å²) in [6.45, 7) is 0.992. The minimum absolute atomic E-state index is 0.365. The molecule has 0 bridgehead atoms. The van der Waals surface area contributed by atoms with Crippen LogP contribution in [0, 0.1) is 0 Å². The Kier molecular flexibility index (Phi) is 4.55. The highest BCUT2D eigenvalue weighted by Crippen LogP contribution is 2.11. The van der Waals surface area contributed by atoms with Crippen molar-refractivity contribution < 1.29 is 8.42 Å². The van der Waals surface area contributed by atoms with Crippen LogP contribution in [0.3, 0.4) is 0 Å². The number of sulfone groups is 1. The molecule has 13 heavy (non-hydrogen) atoms. The first-order valence-electron chi connectivity index (χ1n) is 4.57. The van der Waals surface area contributed by atoms with E-state index in [0.29, 0.717) is 17.5 Å². The minimum atomic E-state index is -2.69. The molecule has 0 saturated carbocycles. The van der Waals surface area contributed by atoms with E-state index >= 15 is 0 Å². The highest BCUT2D eigenvalue weighted by atomic mass is 32.2. The minimum Gasteiger partial charge on any atom is -0.313 e. The van der Waals surface area contributed by atoms with E-state index < -0.39 is 9.84 Å². The number of hydrogen-bond acceptors (Lipinski definition) is 4. The standard InChI is InChI=1S/C8H17NO2S2/c1-12-5-4-9-8-2-6-13(10,11)7-3-8/h8-9H,2-7H2,1H3. The molecule has 0 unspecified atom stereocenters. The Morgan fingerprint density at radius 2 is 2.00 bits per heavy atom. The predicted octanol–water partition coefficient (Wildman–Crippen LogP) is 0.516. The van der Waals surface area contributed by atoms with Crippen LogP contribution in [0.2, 0.25) is 0 Å². The smallest absolute Gasteiger partial charge is 0.150 e. The summed E-state index contributed by atoms with van der Waals surface area (Å²) >= 11 is 1.81. The largest absolute Gasteiger partial charge is 0.313 e. The average molecular weight is 223 g/mol. The summed E-state index contributed by atoms with van der Waals surface area (Å²) in [7, 11) is -2.69. The summed E-state index contributed by atoms with van der Waals surface area (Å²) in [5, 5.41) is 3.38. The molecule has 3 nitrogen and oxygen atoms in total. The van der Waals surface area contributed by atoms with E-state index in [4.69, 9.17) is 0 Å². The third kappa shape index (κ3) is 4.33. The lowest BCUT2D eigenvalue weighted by molar-refractivity contribution is 0.476. The summed E-state index contributed by atoms with van der Waals surface area (Å²) in [6, 6.07) is 0.427. The van der Waals surface area contributed by atoms with Crippen molar-refractivity contribution in [2.45, 2.75) is 18.9 Å². The van der Waals surface area contributed by atoms with Gasteiger partial charge in [0.15, 0.2) is 0 Å². The Labute approximate surface area is 84.6 Å². The molecule has 0 aromatic carbocycles. The third-order valence-corrected chi connectivity index (χ3v) is 4.62. The van der Waals surface area contributed by atoms with Crippen LogP contribution in [-0.4, -0.2) is 44.5 Å². The van der Waals surface area contributed by atoms with Crippen LogP contribution >= 0.6 is 11.8 Å². The van der Waals surface area contributed by atoms with Crippen molar-refractivity contribution in [3.05, 3.63) is 0 Å². The molecular weight excluding hydrogens is 206 g/mol. The van der Waals surface area contributed by atoms with Gasteiger partial charge in [0.1, 0.15) is 9.84 Å². The van der Waals surface area contributed by atoms with Crippen molar-refractivity contribution in [1.82, 2.24) is 5.32 Å². The van der Waals surface area contributed by atoms with Gasteiger partial charge in [-0.25, -0.2) is 8.42 Å². The Balaban J connectivity index is 2.18.